The number of amides is 1. The Morgan fingerprint density at radius 3 is 2.48 bits per heavy atom. The molecule has 0 bridgehead atoms. The molecule has 0 atom stereocenters. The maximum absolute atomic E-state index is 11.3. The fourth-order valence-corrected chi connectivity index (χ4v) is 2.27. The normalized spacial score (nSPS) is 10.2. The molecule has 0 aliphatic rings. The lowest BCUT2D eigenvalue weighted by atomic mass is 10.1. The van der Waals surface area contributed by atoms with E-state index in [1.165, 1.54) is 0 Å². The summed E-state index contributed by atoms with van der Waals surface area (Å²) in [6, 6.07) is 13.1. The Hall–Kier alpha value is -1.71. The van der Waals surface area contributed by atoms with E-state index in [9.17, 15) is 4.79 Å². The highest BCUT2D eigenvalue weighted by molar-refractivity contribution is 6.33. The average molecular weight is 323 g/mol. The highest BCUT2D eigenvalue weighted by atomic mass is 35.5. The molecule has 0 fully saturated rings. The number of carbonyl (C=O) groups excluding carboxylic acids is 1. The van der Waals surface area contributed by atoms with Crippen molar-refractivity contribution in [3.8, 4) is 0 Å². The molecule has 0 radical (unpaired) electrons. The van der Waals surface area contributed by atoms with Crippen LogP contribution in [0.1, 0.15) is 11.1 Å². The third-order valence-corrected chi connectivity index (χ3v) is 3.69. The van der Waals surface area contributed by atoms with E-state index in [4.69, 9.17) is 23.2 Å². The van der Waals surface area contributed by atoms with Crippen molar-refractivity contribution in [2.24, 2.45) is 0 Å². The van der Waals surface area contributed by atoms with Gasteiger partial charge in [-0.05, 0) is 41.5 Å². The van der Waals surface area contributed by atoms with E-state index in [2.05, 4.69) is 10.6 Å². The quantitative estimate of drug-likeness (QED) is 0.876. The third kappa shape index (κ3) is 4.66. The molecule has 0 aromatic heterocycles. The van der Waals surface area contributed by atoms with Crippen LogP contribution in [0.2, 0.25) is 10.0 Å². The maximum Gasteiger partial charge on any atom is 0.224 e. The van der Waals surface area contributed by atoms with Crippen molar-refractivity contribution >= 4 is 34.8 Å². The summed E-state index contributed by atoms with van der Waals surface area (Å²) >= 11 is 12.1. The Balaban J connectivity index is 1.97. The van der Waals surface area contributed by atoms with Crippen molar-refractivity contribution in [3.63, 3.8) is 0 Å². The van der Waals surface area contributed by atoms with Gasteiger partial charge in [0.05, 0.1) is 6.42 Å². The van der Waals surface area contributed by atoms with Gasteiger partial charge in [0.15, 0.2) is 0 Å². The number of carbonyl (C=O) groups is 1. The van der Waals surface area contributed by atoms with E-state index in [1.807, 2.05) is 30.3 Å². The van der Waals surface area contributed by atoms with Crippen LogP contribution in [-0.4, -0.2) is 13.0 Å². The summed E-state index contributed by atoms with van der Waals surface area (Å²) in [4.78, 5) is 11.3. The van der Waals surface area contributed by atoms with Gasteiger partial charge >= 0.3 is 0 Å². The van der Waals surface area contributed by atoms with Gasteiger partial charge in [0.1, 0.15) is 0 Å². The number of rotatable bonds is 5. The summed E-state index contributed by atoms with van der Waals surface area (Å²) < 4.78 is 0. The van der Waals surface area contributed by atoms with Crippen LogP contribution in [0, 0.1) is 0 Å². The van der Waals surface area contributed by atoms with Crippen LogP contribution in [0.3, 0.4) is 0 Å². The zero-order valence-corrected chi connectivity index (χ0v) is 13.1. The van der Waals surface area contributed by atoms with E-state index in [1.54, 1.807) is 19.2 Å². The number of halogens is 2. The first-order chi connectivity index (χ1) is 10.1. The molecule has 0 aliphatic heterocycles. The van der Waals surface area contributed by atoms with E-state index >= 15 is 0 Å². The molecule has 3 nitrogen and oxygen atoms in total. The highest BCUT2D eigenvalue weighted by Crippen LogP contribution is 2.21. The van der Waals surface area contributed by atoms with E-state index in [0.717, 1.165) is 16.8 Å². The van der Waals surface area contributed by atoms with E-state index < -0.39 is 0 Å². The lowest BCUT2D eigenvalue weighted by molar-refractivity contribution is -0.119. The van der Waals surface area contributed by atoms with Gasteiger partial charge in [0, 0.05) is 29.3 Å². The molecule has 21 heavy (non-hydrogen) atoms. The SMILES string of the molecule is CNC(=O)Cc1ccc(NCc2cc(Cl)ccc2Cl)cc1. The van der Waals surface area contributed by atoms with Gasteiger partial charge in [-0.1, -0.05) is 35.3 Å². The molecular formula is C16H16Cl2N2O. The summed E-state index contributed by atoms with van der Waals surface area (Å²) in [5.41, 5.74) is 2.88. The summed E-state index contributed by atoms with van der Waals surface area (Å²) in [5.74, 6) is 0.00131. The fourth-order valence-electron chi connectivity index (χ4n) is 1.89. The van der Waals surface area contributed by atoms with Crippen molar-refractivity contribution < 1.29 is 4.79 Å². The molecule has 110 valence electrons. The Bertz CT molecular complexity index is 627. The zero-order chi connectivity index (χ0) is 15.2. The molecule has 2 rings (SSSR count). The number of nitrogens with one attached hydrogen (secondary N) is 2. The second-order valence-electron chi connectivity index (χ2n) is 4.64. The molecule has 1 amide bonds. The minimum atomic E-state index is 0.00131. The first kappa shape index (κ1) is 15.7. The third-order valence-electron chi connectivity index (χ3n) is 3.09. The second kappa shape index (κ2) is 7.34. The summed E-state index contributed by atoms with van der Waals surface area (Å²) in [7, 11) is 1.63. The maximum atomic E-state index is 11.3. The molecule has 5 heteroatoms. The number of hydrogen-bond acceptors (Lipinski definition) is 2. The van der Waals surface area contributed by atoms with Gasteiger partial charge in [-0.25, -0.2) is 0 Å². The van der Waals surface area contributed by atoms with Gasteiger partial charge in [-0.15, -0.1) is 0 Å². The highest BCUT2D eigenvalue weighted by Gasteiger charge is 2.03. The summed E-state index contributed by atoms with van der Waals surface area (Å²) in [6.45, 7) is 0.591. The van der Waals surface area contributed by atoms with Crippen LogP contribution < -0.4 is 10.6 Å². The molecule has 0 heterocycles. The number of anilines is 1. The Morgan fingerprint density at radius 2 is 1.81 bits per heavy atom. The van der Waals surface area contributed by atoms with Crippen molar-refractivity contribution in [2.45, 2.75) is 13.0 Å². The molecule has 2 N–H and O–H groups in total. The molecule has 2 aromatic carbocycles. The first-order valence-corrected chi connectivity index (χ1v) is 7.31. The molecule has 2 aromatic rings. The molecule has 0 aliphatic carbocycles. The molecule has 0 saturated heterocycles. The minimum absolute atomic E-state index is 0.00131. The van der Waals surface area contributed by atoms with E-state index in [0.29, 0.717) is 23.0 Å². The average Bonchev–Trinajstić information content (AvgIpc) is 2.49. The van der Waals surface area contributed by atoms with Crippen LogP contribution in [0.15, 0.2) is 42.5 Å². The standard InChI is InChI=1S/C16H16Cl2N2O/c1-19-16(21)8-11-2-5-14(6-3-11)20-10-12-9-13(17)4-7-15(12)18/h2-7,9,20H,8,10H2,1H3,(H,19,21). The smallest absolute Gasteiger partial charge is 0.224 e. The van der Waals surface area contributed by atoms with Gasteiger partial charge in [-0.3, -0.25) is 4.79 Å². The fraction of sp³-hybridized carbons (Fsp3) is 0.188. The Morgan fingerprint density at radius 1 is 1.10 bits per heavy atom. The van der Waals surface area contributed by atoms with Crippen molar-refractivity contribution in [3.05, 3.63) is 63.6 Å². The predicted octanol–water partition coefficient (Wildman–Crippen LogP) is 3.89. The minimum Gasteiger partial charge on any atom is -0.381 e. The largest absolute Gasteiger partial charge is 0.381 e. The lowest BCUT2D eigenvalue weighted by Crippen LogP contribution is -2.19. The lowest BCUT2D eigenvalue weighted by Gasteiger charge is -2.09. The number of benzene rings is 2. The number of hydrogen-bond donors (Lipinski definition) is 2. The van der Waals surface area contributed by atoms with Crippen molar-refractivity contribution in [1.82, 2.24) is 5.32 Å². The Labute approximate surface area is 134 Å². The zero-order valence-electron chi connectivity index (χ0n) is 11.6. The summed E-state index contributed by atoms with van der Waals surface area (Å²) in [6.07, 6.45) is 0.386. The second-order valence-corrected chi connectivity index (χ2v) is 5.48. The monoisotopic (exact) mass is 322 g/mol. The van der Waals surface area contributed by atoms with E-state index in [-0.39, 0.29) is 5.91 Å². The molecule has 0 spiro atoms. The van der Waals surface area contributed by atoms with Crippen LogP contribution in [0.25, 0.3) is 0 Å². The Kier molecular flexibility index (Phi) is 5.48. The van der Waals surface area contributed by atoms with Crippen molar-refractivity contribution in [2.75, 3.05) is 12.4 Å². The van der Waals surface area contributed by atoms with Crippen LogP contribution in [0.5, 0.6) is 0 Å². The number of likely N-dealkylation sites (N-methyl/N-ethyl adjacent to an activating group) is 1. The van der Waals surface area contributed by atoms with Crippen molar-refractivity contribution in [1.29, 1.82) is 0 Å². The molecule has 0 unspecified atom stereocenters. The predicted molar refractivity (Wildman–Crippen MR) is 88.0 cm³/mol. The van der Waals surface area contributed by atoms with Crippen LogP contribution in [0.4, 0.5) is 5.69 Å². The van der Waals surface area contributed by atoms with Crippen LogP contribution >= 0.6 is 23.2 Å². The first-order valence-electron chi connectivity index (χ1n) is 6.56. The molecular weight excluding hydrogens is 307 g/mol. The van der Waals surface area contributed by atoms with Gasteiger partial charge in [-0.2, -0.15) is 0 Å². The molecule has 0 saturated carbocycles. The van der Waals surface area contributed by atoms with Gasteiger partial charge in [0.2, 0.25) is 5.91 Å². The van der Waals surface area contributed by atoms with Gasteiger partial charge in [0.25, 0.3) is 0 Å². The summed E-state index contributed by atoms with van der Waals surface area (Å²) in [5, 5.41) is 7.23. The van der Waals surface area contributed by atoms with Crippen LogP contribution in [-0.2, 0) is 17.8 Å². The van der Waals surface area contributed by atoms with Gasteiger partial charge < -0.3 is 10.6 Å². The topological polar surface area (TPSA) is 41.1 Å².